The fraction of sp³-hybridized carbons (Fsp3) is 0.643. The molecule has 18 heavy (non-hydrogen) atoms. The molecule has 0 saturated carbocycles. The summed E-state index contributed by atoms with van der Waals surface area (Å²) < 4.78 is 5.64. The molecular weight excluding hydrogens is 226 g/mol. The van der Waals surface area contributed by atoms with E-state index in [1.807, 2.05) is 26.0 Å². The highest BCUT2D eigenvalue weighted by Crippen LogP contribution is 2.25. The average Bonchev–Trinajstić information content (AvgIpc) is 2.60. The molecule has 0 radical (unpaired) electrons. The van der Waals surface area contributed by atoms with Gasteiger partial charge in [0.1, 0.15) is 5.82 Å². The molecule has 0 aliphatic carbocycles. The van der Waals surface area contributed by atoms with Crippen molar-refractivity contribution in [1.29, 1.82) is 0 Å². The summed E-state index contributed by atoms with van der Waals surface area (Å²) in [5.74, 6) is 1.55. The maximum Gasteiger partial charge on any atom is 0.239 e. The Balaban J connectivity index is 2.16. The lowest BCUT2D eigenvalue weighted by atomic mass is 10.2. The van der Waals surface area contributed by atoms with E-state index in [0.717, 1.165) is 18.9 Å². The quantitative estimate of drug-likeness (QED) is 0.895. The molecule has 4 heteroatoms. The zero-order valence-corrected chi connectivity index (χ0v) is 11.4. The zero-order valence-electron chi connectivity index (χ0n) is 11.4. The van der Waals surface area contributed by atoms with Gasteiger partial charge in [-0.2, -0.15) is 4.98 Å². The minimum Gasteiger partial charge on any atom is -0.473 e. The summed E-state index contributed by atoms with van der Waals surface area (Å²) in [6.07, 6.45) is 5.22. The molecule has 0 bridgehead atoms. The fourth-order valence-corrected chi connectivity index (χ4v) is 2.24. The van der Waals surface area contributed by atoms with Gasteiger partial charge in [-0.15, -0.1) is 0 Å². The van der Waals surface area contributed by atoms with Crippen LogP contribution in [0.25, 0.3) is 0 Å². The van der Waals surface area contributed by atoms with Gasteiger partial charge in [0.25, 0.3) is 0 Å². The third kappa shape index (κ3) is 3.28. The van der Waals surface area contributed by atoms with Gasteiger partial charge in [-0.3, -0.25) is 0 Å². The van der Waals surface area contributed by atoms with Gasteiger partial charge < -0.3 is 15.4 Å². The molecule has 2 rings (SSSR count). The summed E-state index contributed by atoms with van der Waals surface area (Å²) in [6.45, 7) is 6.13. The predicted octanol–water partition coefficient (Wildman–Crippen LogP) is 2.83. The van der Waals surface area contributed by atoms with Crippen LogP contribution < -0.4 is 15.4 Å². The van der Waals surface area contributed by atoms with E-state index in [1.54, 1.807) is 0 Å². The molecule has 1 aliphatic rings. The lowest BCUT2D eigenvalue weighted by Crippen LogP contribution is -2.25. The Bertz CT molecular complexity index is 385. The number of hydrogen-bond acceptors (Lipinski definition) is 4. The van der Waals surface area contributed by atoms with Crippen molar-refractivity contribution >= 4 is 11.5 Å². The van der Waals surface area contributed by atoms with E-state index in [2.05, 4.69) is 9.88 Å². The molecule has 1 aromatic rings. The summed E-state index contributed by atoms with van der Waals surface area (Å²) in [4.78, 5) is 6.89. The summed E-state index contributed by atoms with van der Waals surface area (Å²) >= 11 is 0. The molecule has 0 aromatic carbocycles. The summed E-state index contributed by atoms with van der Waals surface area (Å²) in [5.41, 5.74) is 6.51. The number of rotatable bonds is 3. The second kappa shape index (κ2) is 5.94. The number of hydrogen-bond donors (Lipinski definition) is 1. The van der Waals surface area contributed by atoms with Crippen molar-refractivity contribution in [2.45, 2.75) is 45.6 Å². The smallest absolute Gasteiger partial charge is 0.239 e. The molecule has 100 valence electrons. The molecule has 0 amide bonds. The molecule has 0 unspecified atom stereocenters. The van der Waals surface area contributed by atoms with Gasteiger partial charge in [-0.1, -0.05) is 12.8 Å². The van der Waals surface area contributed by atoms with E-state index in [0.29, 0.717) is 11.6 Å². The van der Waals surface area contributed by atoms with Crippen LogP contribution in [0.15, 0.2) is 12.1 Å². The third-order valence-electron chi connectivity index (χ3n) is 3.15. The van der Waals surface area contributed by atoms with E-state index < -0.39 is 0 Å². The second-order valence-corrected chi connectivity index (χ2v) is 5.13. The normalized spacial score (nSPS) is 16.7. The van der Waals surface area contributed by atoms with Gasteiger partial charge >= 0.3 is 0 Å². The van der Waals surface area contributed by atoms with Crippen LogP contribution in [0.3, 0.4) is 0 Å². The number of anilines is 2. The maximum absolute atomic E-state index is 5.89. The Morgan fingerprint density at radius 1 is 1.17 bits per heavy atom. The van der Waals surface area contributed by atoms with Crippen molar-refractivity contribution < 1.29 is 4.74 Å². The minimum atomic E-state index is 0.0965. The van der Waals surface area contributed by atoms with Crippen molar-refractivity contribution in [2.24, 2.45) is 0 Å². The summed E-state index contributed by atoms with van der Waals surface area (Å²) in [6, 6.07) is 3.89. The molecule has 1 fully saturated rings. The van der Waals surface area contributed by atoms with Gasteiger partial charge in [-0.05, 0) is 38.8 Å². The number of pyridine rings is 1. The predicted molar refractivity (Wildman–Crippen MR) is 75.1 cm³/mol. The molecule has 4 nitrogen and oxygen atoms in total. The molecular formula is C14H23N3O. The lowest BCUT2D eigenvalue weighted by molar-refractivity contribution is 0.234. The number of nitrogens with zero attached hydrogens (tertiary/aromatic N) is 2. The van der Waals surface area contributed by atoms with Crippen LogP contribution in [-0.4, -0.2) is 24.2 Å². The minimum absolute atomic E-state index is 0.0965. The fourth-order valence-electron chi connectivity index (χ4n) is 2.24. The van der Waals surface area contributed by atoms with Gasteiger partial charge in [0.15, 0.2) is 0 Å². The van der Waals surface area contributed by atoms with E-state index in [1.165, 1.54) is 25.7 Å². The molecule has 2 heterocycles. The van der Waals surface area contributed by atoms with Crippen molar-refractivity contribution in [2.75, 3.05) is 23.7 Å². The first kappa shape index (κ1) is 13.0. The Labute approximate surface area is 109 Å². The van der Waals surface area contributed by atoms with Crippen LogP contribution in [0.4, 0.5) is 11.5 Å². The van der Waals surface area contributed by atoms with E-state index in [-0.39, 0.29) is 6.10 Å². The standard InChI is InChI=1S/C14H23N3O/c1-11(2)18-14-12(15)7-8-13(16-14)17-9-5-3-4-6-10-17/h7-8,11H,3-6,9-10,15H2,1-2H3. The van der Waals surface area contributed by atoms with E-state index in [4.69, 9.17) is 10.5 Å². The Hall–Kier alpha value is -1.45. The van der Waals surface area contributed by atoms with Crippen LogP contribution in [0.5, 0.6) is 5.88 Å². The average molecular weight is 249 g/mol. The molecule has 1 saturated heterocycles. The molecule has 2 N–H and O–H groups in total. The highest BCUT2D eigenvalue weighted by Gasteiger charge is 2.13. The highest BCUT2D eigenvalue weighted by molar-refractivity contribution is 5.54. The van der Waals surface area contributed by atoms with Crippen molar-refractivity contribution in [3.05, 3.63) is 12.1 Å². The van der Waals surface area contributed by atoms with Gasteiger partial charge in [0, 0.05) is 13.1 Å². The van der Waals surface area contributed by atoms with Crippen molar-refractivity contribution in [3.8, 4) is 5.88 Å². The lowest BCUT2D eigenvalue weighted by Gasteiger charge is -2.22. The van der Waals surface area contributed by atoms with Crippen molar-refractivity contribution in [3.63, 3.8) is 0 Å². The van der Waals surface area contributed by atoms with Gasteiger partial charge in [0.05, 0.1) is 11.8 Å². The molecule has 0 atom stereocenters. The molecule has 1 aromatic heterocycles. The number of nitrogens with two attached hydrogens (primary N) is 1. The first-order chi connectivity index (χ1) is 8.66. The Kier molecular flexibility index (Phi) is 4.28. The van der Waals surface area contributed by atoms with Crippen LogP contribution in [0.2, 0.25) is 0 Å². The first-order valence-electron chi connectivity index (χ1n) is 6.85. The largest absolute Gasteiger partial charge is 0.473 e. The first-order valence-corrected chi connectivity index (χ1v) is 6.85. The van der Waals surface area contributed by atoms with Crippen LogP contribution in [0.1, 0.15) is 39.5 Å². The van der Waals surface area contributed by atoms with E-state index in [9.17, 15) is 0 Å². The van der Waals surface area contributed by atoms with Crippen LogP contribution in [0, 0.1) is 0 Å². The van der Waals surface area contributed by atoms with Gasteiger partial charge in [0.2, 0.25) is 5.88 Å². The van der Waals surface area contributed by atoms with Crippen LogP contribution in [-0.2, 0) is 0 Å². The zero-order chi connectivity index (χ0) is 13.0. The topological polar surface area (TPSA) is 51.4 Å². The third-order valence-corrected chi connectivity index (χ3v) is 3.15. The monoisotopic (exact) mass is 249 g/mol. The Morgan fingerprint density at radius 3 is 2.44 bits per heavy atom. The number of ether oxygens (including phenoxy) is 1. The van der Waals surface area contributed by atoms with Gasteiger partial charge in [-0.25, -0.2) is 0 Å². The Morgan fingerprint density at radius 2 is 1.83 bits per heavy atom. The van der Waals surface area contributed by atoms with Crippen LogP contribution >= 0.6 is 0 Å². The second-order valence-electron chi connectivity index (χ2n) is 5.13. The SMILES string of the molecule is CC(C)Oc1nc(N2CCCCCC2)ccc1N. The summed E-state index contributed by atoms with van der Waals surface area (Å²) in [5, 5.41) is 0. The summed E-state index contributed by atoms with van der Waals surface area (Å²) in [7, 11) is 0. The number of nitrogen functional groups attached to an aromatic ring is 1. The maximum atomic E-state index is 5.89. The molecule has 1 aliphatic heterocycles. The number of aromatic nitrogens is 1. The van der Waals surface area contributed by atoms with Crippen molar-refractivity contribution in [1.82, 2.24) is 4.98 Å². The van der Waals surface area contributed by atoms with E-state index >= 15 is 0 Å². The molecule has 0 spiro atoms. The highest BCUT2D eigenvalue weighted by atomic mass is 16.5.